The van der Waals surface area contributed by atoms with Gasteiger partial charge in [0.2, 0.25) is 5.95 Å². The van der Waals surface area contributed by atoms with Gasteiger partial charge in [-0.05, 0) is 51.0 Å². The topological polar surface area (TPSA) is 66.6 Å². The van der Waals surface area contributed by atoms with E-state index < -0.39 is 0 Å². The van der Waals surface area contributed by atoms with Crippen molar-refractivity contribution in [1.82, 2.24) is 24.5 Å². The molecule has 6 rings (SSSR count). The van der Waals surface area contributed by atoms with Gasteiger partial charge in [-0.3, -0.25) is 4.79 Å². The molecule has 2 aliphatic rings. The zero-order valence-corrected chi connectivity index (χ0v) is 20.5. The molecule has 2 aromatic carbocycles. The summed E-state index contributed by atoms with van der Waals surface area (Å²) < 4.78 is 2.22. The maximum absolute atomic E-state index is 13.2. The quantitative estimate of drug-likeness (QED) is 0.424. The maximum Gasteiger partial charge on any atom is 0.254 e. The SMILES string of the molecule is Cc1ccc2nc(N3CCN(C(=O)c4ccccc4)[C@@H](C)C3)n3c(C4CCCCC4)nnc3c2c1. The van der Waals surface area contributed by atoms with Crippen LogP contribution in [-0.2, 0) is 0 Å². The summed E-state index contributed by atoms with van der Waals surface area (Å²) >= 11 is 0. The number of aryl methyl sites for hydroxylation is 1. The minimum absolute atomic E-state index is 0.0663. The van der Waals surface area contributed by atoms with E-state index in [1.54, 1.807) is 0 Å². The highest BCUT2D eigenvalue weighted by Crippen LogP contribution is 2.35. The molecule has 0 N–H and O–H groups in total. The van der Waals surface area contributed by atoms with Gasteiger partial charge in [-0.1, -0.05) is 49.1 Å². The highest BCUT2D eigenvalue weighted by Gasteiger charge is 2.32. The molecular formula is C28H32N6O. The Kier molecular flexibility index (Phi) is 5.63. The first-order chi connectivity index (χ1) is 17.1. The van der Waals surface area contributed by atoms with Gasteiger partial charge in [0.05, 0.1) is 5.52 Å². The fourth-order valence-corrected chi connectivity index (χ4v) is 5.78. The summed E-state index contributed by atoms with van der Waals surface area (Å²) in [4.78, 5) is 22.6. The molecule has 3 heterocycles. The van der Waals surface area contributed by atoms with Crippen LogP contribution < -0.4 is 4.90 Å². The average Bonchev–Trinajstić information content (AvgIpc) is 3.35. The standard InChI is InChI=1S/C28H32N6O/c1-19-13-14-24-23(17-19)26-31-30-25(21-9-5-3-6-10-21)34(26)28(29-24)32-15-16-33(20(2)18-32)27(35)22-11-7-4-8-12-22/h4,7-8,11-14,17,20-21H,3,5-6,9-10,15-16,18H2,1-2H3/t20-/m0/s1. The fraction of sp³-hybridized carbons (Fsp3) is 0.429. The normalized spacial score (nSPS) is 19.5. The number of hydrogen-bond donors (Lipinski definition) is 0. The number of piperazine rings is 1. The van der Waals surface area contributed by atoms with E-state index in [4.69, 9.17) is 15.2 Å². The van der Waals surface area contributed by atoms with Gasteiger partial charge in [0, 0.05) is 42.5 Å². The lowest BCUT2D eigenvalue weighted by molar-refractivity contribution is 0.0673. The van der Waals surface area contributed by atoms with Gasteiger partial charge in [-0.2, -0.15) is 0 Å². The molecule has 0 spiro atoms. The van der Waals surface area contributed by atoms with Crippen LogP contribution >= 0.6 is 0 Å². The molecule has 7 nitrogen and oxygen atoms in total. The van der Waals surface area contributed by atoms with Crippen molar-refractivity contribution in [3.05, 3.63) is 65.5 Å². The van der Waals surface area contributed by atoms with E-state index in [0.29, 0.717) is 12.5 Å². The van der Waals surface area contributed by atoms with E-state index in [9.17, 15) is 4.79 Å². The summed E-state index contributed by atoms with van der Waals surface area (Å²) in [5, 5.41) is 10.5. The molecule has 1 aliphatic carbocycles. The van der Waals surface area contributed by atoms with Gasteiger partial charge in [0.15, 0.2) is 5.65 Å². The second-order valence-corrected chi connectivity index (χ2v) is 10.1. The molecule has 7 heteroatoms. The van der Waals surface area contributed by atoms with E-state index in [0.717, 1.165) is 59.8 Å². The Labute approximate surface area is 205 Å². The Morgan fingerprint density at radius 3 is 2.54 bits per heavy atom. The molecule has 35 heavy (non-hydrogen) atoms. The van der Waals surface area contributed by atoms with Crippen LogP contribution in [0.15, 0.2) is 48.5 Å². The number of anilines is 1. The number of amides is 1. The second kappa shape index (κ2) is 8.95. The van der Waals surface area contributed by atoms with Gasteiger partial charge in [-0.25, -0.2) is 9.38 Å². The first-order valence-corrected chi connectivity index (χ1v) is 12.9. The lowest BCUT2D eigenvalue weighted by Crippen LogP contribution is -2.54. The molecule has 4 aromatic rings. The third kappa shape index (κ3) is 3.93. The lowest BCUT2D eigenvalue weighted by atomic mass is 9.89. The Morgan fingerprint density at radius 1 is 0.971 bits per heavy atom. The molecule has 180 valence electrons. The summed E-state index contributed by atoms with van der Waals surface area (Å²) in [7, 11) is 0. The molecule has 2 fully saturated rings. The highest BCUT2D eigenvalue weighted by atomic mass is 16.2. The van der Waals surface area contributed by atoms with Crippen LogP contribution in [0.25, 0.3) is 16.6 Å². The minimum Gasteiger partial charge on any atom is -0.338 e. The molecule has 1 atom stereocenters. The predicted octanol–water partition coefficient (Wildman–Crippen LogP) is 4.98. The first-order valence-electron chi connectivity index (χ1n) is 12.9. The van der Waals surface area contributed by atoms with Crippen molar-refractivity contribution >= 4 is 28.4 Å². The lowest BCUT2D eigenvalue weighted by Gasteiger charge is -2.40. The van der Waals surface area contributed by atoms with E-state index in [1.165, 1.54) is 24.8 Å². The Morgan fingerprint density at radius 2 is 1.77 bits per heavy atom. The molecule has 1 saturated heterocycles. The molecule has 0 radical (unpaired) electrons. The number of fused-ring (bicyclic) bond motifs is 3. The van der Waals surface area contributed by atoms with Crippen molar-refractivity contribution in [2.75, 3.05) is 24.5 Å². The number of benzene rings is 2. The summed E-state index contributed by atoms with van der Waals surface area (Å²) in [6.07, 6.45) is 6.09. The third-order valence-electron chi connectivity index (χ3n) is 7.66. The Bertz CT molecular complexity index is 1370. The van der Waals surface area contributed by atoms with Crippen LogP contribution in [0.4, 0.5) is 5.95 Å². The fourth-order valence-electron chi connectivity index (χ4n) is 5.78. The number of nitrogens with zero attached hydrogens (tertiary/aromatic N) is 6. The molecule has 1 aliphatic heterocycles. The van der Waals surface area contributed by atoms with E-state index in [-0.39, 0.29) is 11.9 Å². The van der Waals surface area contributed by atoms with Crippen LogP contribution in [0.5, 0.6) is 0 Å². The molecule has 0 bridgehead atoms. The zero-order chi connectivity index (χ0) is 23.9. The van der Waals surface area contributed by atoms with E-state index in [1.807, 2.05) is 35.2 Å². The largest absolute Gasteiger partial charge is 0.338 e. The third-order valence-corrected chi connectivity index (χ3v) is 7.66. The van der Waals surface area contributed by atoms with Crippen molar-refractivity contribution in [3.8, 4) is 0 Å². The van der Waals surface area contributed by atoms with Crippen molar-refractivity contribution in [1.29, 1.82) is 0 Å². The van der Waals surface area contributed by atoms with Crippen LogP contribution in [0, 0.1) is 6.92 Å². The number of carbonyl (C=O) groups is 1. The number of carbonyl (C=O) groups excluding carboxylic acids is 1. The molecule has 2 aromatic heterocycles. The van der Waals surface area contributed by atoms with Crippen molar-refractivity contribution in [2.24, 2.45) is 0 Å². The number of hydrogen-bond acceptors (Lipinski definition) is 5. The van der Waals surface area contributed by atoms with Gasteiger partial charge in [0.1, 0.15) is 5.82 Å². The second-order valence-electron chi connectivity index (χ2n) is 10.1. The van der Waals surface area contributed by atoms with Crippen LogP contribution in [-0.4, -0.2) is 56.1 Å². The average molecular weight is 469 g/mol. The maximum atomic E-state index is 13.2. The Balaban J connectivity index is 1.39. The smallest absolute Gasteiger partial charge is 0.254 e. The van der Waals surface area contributed by atoms with Crippen molar-refractivity contribution < 1.29 is 4.79 Å². The molecule has 1 amide bonds. The van der Waals surface area contributed by atoms with Gasteiger partial charge < -0.3 is 9.80 Å². The summed E-state index contributed by atoms with van der Waals surface area (Å²) in [5.41, 5.74) is 3.77. The van der Waals surface area contributed by atoms with Crippen LogP contribution in [0.1, 0.15) is 66.7 Å². The Hall–Kier alpha value is -3.48. The molecule has 0 unspecified atom stereocenters. The van der Waals surface area contributed by atoms with Gasteiger partial charge in [0.25, 0.3) is 5.91 Å². The van der Waals surface area contributed by atoms with Gasteiger partial charge >= 0.3 is 0 Å². The molecular weight excluding hydrogens is 436 g/mol. The van der Waals surface area contributed by atoms with Crippen molar-refractivity contribution in [3.63, 3.8) is 0 Å². The van der Waals surface area contributed by atoms with E-state index >= 15 is 0 Å². The number of aromatic nitrogens is 4. The first kappa shape index (κ1) is 22.0. The summed E-state index contributed by atoms with van der Waals surface area (Å²) in [5.74, 6) is 2.46. The van der Waals surface area contributed by atoms with E-state index in [2.05, 4.69) is 41.3 Å². The summed E-state index contributed by atoms with van der Waals surface area (Å²) in [6, 6.07) is 16.0. The van der Waals surface area contributed by atoms with Gasteiger partial charge in [-0.15, -0.1) is 10.2 Å². The van der Waals surface area contributed by atoms with Crippen LogP contribution in [0.2, 0.25) is 0 Å². The summed E-state index contributed by atoms with van der Waals surface area (Å²) in [6.45, 7) is 6.34. The van der Waals surface area contributed by atoms with Crippen LogP contribution in [0.3, 0.4) is 0 Å². The zero-order valence-electron chi connectivity index (χ0n) is 20.5. The van der Waals surface area contributed by atoms with Crippen molar-refractivity contribution in [2.45, 2.75) is 57.9 Å². The number of rotatable bonds is 3. The predicted molar refractivity (Wildman–Crippen MR) is 138 cm³/mol. The monoisotopic (exact) mass is 468 g/mol. The highest BCUT2D eigenvalue weighted by molar-refractivity contribution is 5.95. The molecule has 1 saturated carbocycles. The minimum atomic E-state index is 0.0663.